The molecule has 0 saturated carbocycles. The van der Waals surface area contributed by atoms with E-state index in [1.54, 1.807) is 14.2 Å². The van der Waals surface area contributed by atoms with Gasteiger partial charge < -0.3 is 19.5 Å². The Bertz CT molecular complexity index is 348. The lowest BCUT2D eigenvalue weighted by atomic mass is 10.2. The molecule has 4 heteroatoms. The van der Waals surface area contributed by atoms with E-state index in [-0.39, 0.29) is 5.75 Å². The van der Waals surface area contributed by atoms with Gasteiger partial charge in [-0.15, -0.1) is 0 Å². The van der Waals surface area contributed by atoms with Gasteiger partial charge in [0, 0.05) is 30.9 Å². The van der Waals surface area contributed by atoms with E-state index in [4.69, 9.17) is 9.47 Å². The Hall–Kier alpha value is -1.58. The summed E-state index contributed by atoms with van der Waals surface area (Å²) in [6.07, 6.45) is 2.15. The summed E-state index contributed by atoms with van der Waals surface area (Å²) >= 11 is 0. The Labute approximate surface area is 109 Å². The van der Waals surface area contributed by atoms with E-state index in [2.05, 4.69) is 18.7 Å². The molecule has 4 nitrogen and oxygen atoms in total. The van der Waals surface area contributed by atoms with Crippen LogP contribution in [0.5, 0.6) is 17.2 Å². The van der Waals surface area contributed by atoms with Gasteiger partial charge in [0.15, 0.2) is 11.5 Å². The number of methoxy groups -OCH3 is 2. The number of anilines is 1. The van der Waals surface area contributed by atoms with Crippen molar-refractivity contribution >= 4 is 5.69 Å². The number of benzene rings is 1. The van der Waals surface area contributed by atoms with E-state index in [1.807, 2.05) is 12.1 Å². The molecule has 1 rings (SSSR count). The fraction of sp³-hybridized carbons (Fsp3) is 0.571. The second kappa shape index (κ2) is 6.99. The maximum absolute atomic E-state index is 9.89. The molecule has 0 radical (unpaired) electrons. The van der Waals surface area contributed by atoms with Crippen LogP contribution >= 0.6 is 0 Å². The molecule has 0 aliphatic heterocycles. The van der Waals surface area contributed by atoms with Crippen LogP contribution in [0, 0.1) is 0 Å². The Morgan fingerprint density at radius 3 is 1.78 bits per heavy atom. The smallest absolute Gasteiger partial charge is 0.200 e. The molecule has 0 spiro atoms. The molecule has 0 unspecified atom stereocenters. The van der Waals surface area contributed by atoms with Crippen LogP contribution < -0.4 is 14.4 Å². The first-order chi connectivity index (χ1) is 8.67. The molecule has 1 aromatic rings. The van der Waals surface area contributed by atoms with Crippen molar-refractivity contribution in [3.8, 4) is 17.2 Å². The van der Waals surface area contributed by atoms with Crippen molar-refractivity contribution in [2.75, 3.05) is 32.2 Å². The van der Waals surface area contributed by atoms with E-state index in [0.29, 0.717) is 11.5 Å². The van der Waals surface area contributed by atoms with Gasteiger partial charge in [-0.25, -0.2) is 0 Å². The highest BCUT2D eigenvalue weighted by molar-refractivity contribution is 5.63. The predicted octanol–water partition coefficient (Wildman–Crippen LogP) is 3.04. The van der Waals surface area contributed by atoms with E-state index in [0.717, 1.165) is 31.6 Å². The number of phenols is 1. The first-order valence-corrected chi connectivity index (χ1v) is 6.37. The Morgan fingerprint density at radius 2 is 1.44 bits per heavy atom. The molecule has 102 valence electrons. The molecule has 0 bridgehead atoms. The second-order valence-corrected chi connectivity index (χ2v) is 4.19. The fourth-order valence-electron chi connectivity index (χ4n) is 1.97. The van der Waals surface area contributed by atoms with Gasteiger partial charge in [-0.2, -0.15) is 0 Å². The molecule has 0 aliphatic carbocycles. The molecular weight excluding hydrogens is 230 g/mol. The highest BCUT2D eigenvalue weighted by atomic mass is 16.5. The summed E-state index contributed by atoms with van der Waals surface area (Å²) < 4.78 is 10.4. The van der Waals surface area contributed by atoms with Crippen LogP contribution in [0.15, 0.2) is 12.1 Å². The minimum absolute atomic E-state index is 0.0525. The molecule has 0 amide bonds. The largest absolute Gasteiger partial charge is 0.502 e. The third-order valence-corrected chi connectivity index (χ3v) is 2.82. The van der Waals surface area contributed by atoms with Crippen molar-refractivity contribution in [1.29, 1.82) is 0 Å². The second-order valence-electron chi connectivity index (χ2n) is 4.19. The Morgan fingerprint density at radius 1 is 1.00 bits per heavy atom. The Kier molecular flexibility index (Phi) is 5.62. The molecule has 0 aromatic heterocycles. The van der Waals surface area contributed by atoms with Crippen molar-refractivity contribution in [2.24, 2.45) is 0 Å². The van der Waals surface area contributed by atoms with Gasteiger partial charge in [0.25, 0.3) is 0 Å². The van der Waals surface area contributed by atoms with Gasteiger partial charge in [0.2, 0.25) is 5.75 Å². The number of phenolic OH excluding ortho intramolecular Hbond substituents is 1. The average molecular weight is 253 g/mol. The van der Waals surface area contributed by atoms with Crippen LogP contribution in [-0.2, 0) is 0 Å². The number of hydrogen-bond acceptors (Lipinski definition) is 4. The zero-order chi connectivity index (χ0) is 13.5. The lowest BCUT2D eigenvalue weighted by Gasteiger charge is -2.25. The predicted molar refractivity (Wildman–Crippen MR) is 74.0 cm³/mol. The number of nitrogens with zero attached hydrogens (tertiary/aromatic N) is 1. The summed E-state index contributed by atoms with van der Waals surface area (Å²) in [6.45, 7) is 6.25. The van der Waals surface area contributed by atoms with Crippen molar-refractivity contribution in [2.45, 2.75) is 26.7 Å². The first-order valence-electron chi connectivity index (χ1n) is 6.37. The monoisotopic (exact) mass is 253 g/mol. The zero-order valence-electron chi connectivity index (χ0n) is 11.7. The van der Waals surface area contributed by atoms with Crippen LogP contribution in [0.3, 0.4) is 0 Å². The third kappa shape index (κ3) is 3.22. The summed E-state index contributed by atoms with van der Waals surface area (Å²) in [5, 5.41) is 9.89. The normalized spacial score (nSPS) is 10.2. The minimum Gasteiger partial charge on any atom is -0.502 e. The third-order valence-electron chi connectivity index (χ3n) is 2.82. The van der Waals surface area contributed by atoms with Crippen LogP contribution in [0.2, 0.25) is 0 Å². The standard InChI is InChI=1S/C14H23NO3/c1-5-7-15(8-6-2)11-9-12(17-3)14(16)13(10-11)18-4/h9-10,16H,5-8H2,1-4H3. The molecule has 0 heterocycles. The van der Waals surface area contributed by atoms with E-state index >= 15 is 0 Å². The molecule has 0 saturated heterocycles. The number of hydrogen-bond donors (Lipinski definition) is 1. The van der Waals surface area contributed by atoms with Gasteiger partial charge >= 0.3 is 0 Å². The molecule has 0 fully saturated rings. The Balaban J connectivity index is 3.13. The number of rotatable bonds is 7. The molecule has 0 aliphatic rings. The summed E-state index contributed by atoms with van der Waals surface area (Å²) in [4.78, 5) is 2.27. The van der Waals surface area contributed by atoms with Crippen molar-refractivity contribution in [3.63, 3.8) is 0 Å². The van der Waals surface area contributed by atoms with Crippen LogP contribution in [0.1, 0.15) is 26.7 Å². The number of ether oxygens (including phenoxy) is 2. The topological polar surface area (TPSA) is 41.9 Å². The van der Waals surface area contributed by atoms with Crippen molar-refractivity contribution in [3.05, 3.63) is 12.1 Å². The number of aromatic hydroxyl groups is 1. The van der Waals surface area contributed by atoms with E-state index in [9.17, 15) is 5.11 Å². The average Bonchev–Trinajstić information content (AvgIpc) is 2.39. The summed E-state index contributed by atoms with van der Waals surface area (Å²) in [5.41, 5.74) is 1.02. The van der Waals surface area contributed by atoms with Gasteiger partial charge in [-0.3, -0.25) is 0 Å². The highest BCUT2D eigenvalue weighted by Crippen LogP contribution is 2.40. The molecular formula is C14H23NO3. The van der Waals surface area contributed by atoms with Gasteiger partial charge in [0.05, 0.1) is 14.2 Å². The molecule has 18 heavy (non-hydrogen) atoms. The van der Waals surface area contributed by atoms with Crippen molar-refractivity contribution in [1.82, 2.24) is 0 Å². The lowest BCUT2D eigenvalue weighted by molar-refractivity contribution is 0.340. The zero-order valence-corrected chi connectivity index (χ0v) is 11.7. The summed E-state index contributed by atoms with van der Waals surface area (Å²) in [7, 11) is 3.09. The van der Waals surface area contributed by atoms with Gasteiger partial charge in [-0.05, 0) is 12.8 Å². The minimum atomic E-state index is 0.0525. The van der Waals surface area contributed by atoms with E-state index in [1.165, 1.54) is 0 Å². The molecule has 1 N–H and O–H groups in total. The van der Waals surface area contributed by atoms with Gasteiger partial charge in [0.1, 0.15) is 0 Å². The highest BCUT2D eigenvalue weighted by Gasteiger charge is 2.14. The van der Waals surface area contributed by atoms with E-state index < -0.39 is 0 Å². The molecule has 0 atom stereocenters. The maximum Gasteiger partial charge on any atom is 0.200 e. The maximum atomic E-state index is 9.89. The van der Waals surface area contributed by atoms with Crippen LogP contribution in [-0.4, -0.2) is 32.4 Å². The quantitative estimate of drug-likeness (QED) is 0.811. The fourth-order valence-corrected chi connectivity index (χ4v) is 1.97. The van der Waals surface area contributed by atoms with Crippen LogP contribution in [0.4, 0.5) is 5.69 Å². The van der Waals surface area contributed by atoms with Crippen LogP contribution in [0.25, 0.3) is 0 Å². The van der Waals surface area contributed by atoms with Gasteiger partial charge in [-0.1, -0.05) is 13.8 Å². The first kappa shape index (κ1) is 14.5. The lowest BCUT2D eigenvalue weighted by Crippen LogP contribution is -2.24. The summed E-state index contributed by atoms with van der Waals surface area (Å²) in [5.74, 6) is 0.944. The SMILES string of the molecule is CCCN(CCC)c1cc(OC)c(O)c(OC)c1. The summed E-state index contributed by atoms with van der Waals surface area (Å²) in [6, 6.07) is 3.70. The molecule has 1 aromatic carbocycles. The van der Waals surface area contributed by atoms with Crippen molar-refractivity contribution < 1.29 is 14.6 Å².